The highest BCUT2D eigenvalue weighted by molar-refractivity contribution is 5.98. The van der Waals surface area contributed by atoms with Gasteiger partial charge in [-0.15, -0.1) is 0 Å². The van der Waals surface area contributed by atoms with Gasteiger partial charge in [0.2, 0.25) is 5.91 Å². The Labute approximate surface area is 99.6 Å². The topological polar surface area (TPSA) is 84.6 Å². The molecule has 1 fully saturated rings. The van der Waals surface area contributed by atoms with Crippen LogP contribution in [-0.4, -0.2) is 24.7 Å². The Bertz CT molecular complexity index is 441. The van der Waals surface area contributed by atoms with Crippen LogP contribution in [0.2, 0.25) is 0 Å². The highest BCUT2D eigenvalue weighted by Crippen LogP contribution is 2.45. The number of carbonyl (C=O) groups is 1. The van der Waals surface area contributed by atoms with E-state index in [9.17, 15) is 9.90 Å². The summed E-state index contributed by atoms with van der Waals surface area (Å²) in [4.78, 5) is 11.9. The number of methoxy groups -OCH3 is 1. The van der Waals surface area contributed by atoms with E-state index in [2.05, 4.69) is 5.32 Å². The number of hydrogen-bond acceptors (Lipinski definition) is 4. The van der Waals surface area contributed by atoms with E-state index >= 15 is 0 Å². The van der Waals surface area contributed by atoms with Crippen LogP contribution in [0.1, 0.15) is 12.8 Å². The SMILES string of the molecule is COc1ccc(NC(=O)C2(CN)CC2)c(O)c1. The van der Waals surface area contributed by atoms with Crippen LogP contribution in [0.15, 0.2) is 18.2 Å². The minimum atomic E-state index is -0.424. The summed E-state index contributed by atoms with van der Waals surface area (Å²) < 4.78 is 4.96. The maximum Gasteiger partial charge on any atom is 0.231 e. The summed E-state index contributed by atoms with van der Waals surface area (Å²) in [6.07, 6.45) is 1.62. The van der Waals surface area contributed by atoms with Crippen LogP contribution in [-0.2, 0) is 4.79 Å². The number of nitrogens with two attached hydrogens (primary N) is 1. The van der Waals surface area contributed by atoms with Crippen molar-refractivity contribution in [2.45, 2.75) is 12.8 Å². The second-order valence-electron chi connectivity index (χ2n) is 4.32. The molecule has 0 unspecified atom stereocenters. The number of benzene rings is 1. The largest absolute Gasteiger partial charge is 0.506 e. The molecule has 0 spiro atoms. The molecule has 5 nitrogen and oxygen atoms in total. The van der Waals surface area contributed by atoms with Crippen molar-refractivity contribution in [1.82, 2.24) is 0 Å². The molecule has 1 aromatic rings. The van der Waals surface area contributed by atoms with Crippen molar-refractivity contribution in [3.8, 4) is 11.5 Å². The summed E-state index contributed by atoms with van der Waals surface area (Å²) in [6.45, 7) is 0.343. The number of carbonyl (C=O) groups excluding carboxylic acids is 1. The summed E-state index contributed by atoms with van der Waals surface area (Å²) in [5.74, 6) is 0.409. The molecule has 1 aliphatic rings. The van der Waals surface area contributed by atoms with Gasteiger partial charge in [0.05, 0.1) is 18.2 Å². The van der Waals surface area contributed by atoms with E-state index in [-0.39, 0.29) is 11.7 Å². The molecule has 1 saturated carbocycles. The van der Waals surface area contributed by atoms with Gasteiger partial charge >= 0.3 is 0 Å². The number of phenols is 1. The van der Waals surface area contributed by atoms with E-state index in [1.165, 1.54) is 13.2 Å². The molecule has 2 rings (SSSR count). The van der Waals surface area contributed by atoms with Crippen molar-refractivity contribution in [2.24, 2.45) is 11.1 Å². The molecule has 5 heteroatoms. The van der Waals surface area contributed by atoms with Gasteiger partial charge in [-0.05, 0) is 25.0 Å². The Morgan fingerprint density at radius 3 is 2.76 bits per heavy atom. The molecule has 92 valence electrons. The molecule has 0 bridgehead atoms. The molecule has 4 N–H and O–H groups in total. The normalized spacial score (nSPS) is 16.4. The van der Waals surface area contributed by atoms with Gasteiger partial charge < -0.3 is 20.9 Å². The third kappa shape index (κ3) is 2.19. The number of aromatic hydroxyl groups is 1. The van der Waals surface area contributed by atoms with Gasteiger partial charge in [0.25, 0.3) is 0 Å². The number of hydrogen-bond donors (Lipinski definition) is 3. The van der Waals surface area contributed by atoms with E-state index in [1.807, 2.05) is 0 Å². The smallest absolute Gasteiger partial charge is 0.231 e. The van der Waals surface area contributed by atoms with Crippen LogP contribution < -0.4 is 15.8 Å². The Hall–Kier alpha value is -1.75. The number of nitrogens with one attached hydrogen (secondary N) is 1. The average molecular weight is 236 g/mol. The summed E-state index contributed by atoms with van der Waals surface area (Å²) in [7, 11) is 1.51. The van der Waals surface area contributed by atoms with Crippen LogP contribution in [0.5, 0.6) is 11.5 Å². The van der Waals surface area contributed by atoms with Crippen LogP contribution in [0.4, 0.5) is 5.69 Å². The average Bonchev–Trinajstić information content (AvgIpc) is 3.12. The number of amides is 1. The molecule has 0 saturated heterocycles. The van der Waals surface area contributed by atoms with E-state index in [0.717, 1.165) is 12.8 Å². The quantitative estimate of drug-likeness (QED) is 0.683. The summed E-state index contributed by atoms with van der Waals surface area (Å²) in [5.41, 5.74) is 5.52. The first-order valence-electron chi connectivity index (χ1n) is 5.50. The zero-order valence-corrected chi connectivity index (χ0v) is 9.69. The fourth-order valence-corrected chi connectivity index (χ4v) is 1.67. The molecule has 0 aromatic heterocycles. The molecule has 0 radical (unpaired) electrons. The first-order valence-corrected chi connectivity index (χ1v) is 5.50. The van der Waals surface area contributed by atoms with Crippen LogP contribution in [0.25, 0.3) is 0 Å². The van der Waals surface area contributed by atoms with Gasteiger partial charge in [0.1, 0.15) is 11.5 Å². The Morgan fingerprint density at radius 2 is 2.29 bits per heavy atom. The molecule has 0 heterocycles. The highest BCUT2D eigenvalue weighted by atomic mass is 16.5. The van der Waals surface area contributed by atoms with Crippen LogP contribution in [0, 0.1) is 5.41 Å². The van der Waals surface area contributed by atoms with E-state index in [0.29, 0.717) is 18.0 Å². The van der Waals surface area contributed by atoms with Crippen molar-refractivity contribution in [2.75, 3.05) is 19.0 Å². The molecule has 17 heavy (non-hydrogen) atoms. The first-order chi connectivity index (χ1) is 8.11. The van der Waals surface area contributed by atoms with Crippen molar-refractivity contribution in [3.63, 3.8) is 0 Å². The predicted octanol–water partition coefficient (Wildman–Crippen LogP) is 1.08. The molecule has 1 aromatic carbocycles. The van der Waals surface area contributed by atoms with Gasteiger partial charge in [0.15, 0.2) is 0 Å². The zero-order valence-electron chi connectivity index (χ0n) is 9.69. The van der Waals surface area contributed by atoms with Crippen LogP contribution >= 0.6 is 0 Å². The van der Waals surface area contributed by atoms with Gasteiger partial charge in [0, 0.05) is 12.6 Å². The minimum absolute atomic E-state index is 0.00878. The lowest BCUT2D eigenvalue weighted by Crippen LogP contribution is -2.30. The van der Waals surface area contributed by atoms with Gasteiger partial charge in [-0.3, -0.25) is 4.79 Å². The molecule has 0 aliphatic heterocycles. The van der Waals surface area contributed by atoms with Gasteiger partial charge in [-0.2, -0.15) is 0 Å². The lowest BCUT2D eigenvalue weighted by molar-refractivity contribution is -0.120. The molecule has 0 atom stereocenters. The van der Waals surface area contributed by atoms with E-state index in [1.54, 1.807) is 12.1 Å². The molecular formula is C12H16N2O3. The second kappa shape index (κ2) is 4.25. The van der Waals surface area contributed by atoms with E-state index < -0.39 is 5.41 Å². The summed E-state index contributed by atoms with van der Waals surface area (Å²) in [5, 5.41) is 12.4. The van der Waals surface area contributed by atoms with Crippen LogP contribution in [0.3, 0.4) is 0 Å². The lowest BCUT2D eigenvalue weighted by Gasteiger charge is -2.14. The standard InChI is InChI=1S/C12H16N2O3/c1-17-8-2-3-9(10(15)6-8)14-11(16)12(7-13)4-5-12/h2-3,6,15H,4-5,7,13H2,1H3,(H,14,16). The number of rotatable bonds is 4. The third-order valence-electron chi connectivity index (χ3n) is 3.18. The number of anilines is 1. The molecule has 1 aliphatic carbocycles. The zero-order chi connectivity index (χ0) is 12.5. The Kier molecular flexibility index (Phi) is 2.93. The summed E-state index contributed by atoms with van der Waals surface area (Å²) in [6, 6.07) is 4.74. The van der Waals surface area contributed by atoms with Crippen molar-refractivity contribution in [3.05, 3.63) is 18.2 Å². The second-order valence-corrected chi connectivity index (χ2v) is 4.32. The first kappa shape index (κ1) is 11.7. The fourth-order valence-electron chi connectivity index (χ4n) is 1.67. The summed E-state index contributed by atoms with van der Waals surface area (Å²) >= 11 is 0. The molecule has 1 amide bonds. The van der Waals surface area contributed by atoms with Crippen molar-refractivity contribution in [1.29, 1.82) is 0 Å². The minimum Gasteiger partial charge on any atom is -0.506 e. The van der Waals surface area contributed by atoms with Crippen molar-refractivity contribution >= 4 is 11.6 Å². The predicted molar refractivity (Wildman–Crippen MR) is 64.0 cm³/mol. The Balaban J connectivity index is 2.11. The maximum atomic E-state index is 11.9. The monoisotopic (exact) mass is 236 g/mol. The van der Waals surface area contributed by atoms with Crippen molar-refractivity contribution < 1.29 is 14.6 Å². The van der Waals surface area contributed by atoms with E-state index in [4.69, 9.17) is 10.5 Å². The maximum absolute atomic E-state index is 11.9. The fraction of sp³-hybridized carbons (Fsp3) is 0.417. The Morgan fingerprint density at radius 1 is 1.59 bits per heavy atom. The lowest BCUT2D eigenvalue weighted by atomic mass is 10.1. The number of phenolic OH excluding ortho intramolecular Hbond substituents is 1. The highest BCUT2D eigenvalue weighted by Gasteiger charge is 2.48. The number of ether oxygens (including phenoxy) is 1. The third-order valence-corrected chi connectivity index (χ3v) is 3.18. The molecular weight excluding hydrogens is 220 g/mol. The van der Waals surface area contributed by atoms with Gasteiger partial charge in [-0.25, -0.2) is 0 Å². The van der Waals surface area contributed by atoms with Gasteiger partial charge in [-0.1, -0.05) is 0 Å².